The standard InChI is InChI=1S/C12H11NS/c1-3-13-8-11-9(2)14-12-7-5-4-6-10(11)12/h3-8H,1H2,2H3. The molecule has 0 aliphatic heterocycles. The quantitative estimate of drug-likeness (QED) is 0.656. The summed E-state index contributed by atoms with van der Waals surface area (Å²) in [6.07, 6.45) is 3.44. The Morgan fingerprint density at radius 2 is 2.14 bits per heavy atom. The van der Waals surface area contributed by atoms with E-state index in [2.05, 4.69) is 42.8 Å². The molecule has 1 heterocycles. The maximum Gasteiger partial charge on any atom is 0.0357 e. The number of fused-ring (bicyclic) bond motifs is 1. The van der Waals surface area contributed by atoms with E-state index in [1.165, 1.54) is 20.5 Å². The number of hydrogen-bond donors (Lipinski definition) is 0. The van der Waals surface area contributed by atoms with Crippen molar-refractivity contribution in [3.8, 4) is 0 Å². The Kier molecular flexibility index (Phi) is 2.46. The second-order valence-corrected chi connectivity index (χ2v) is 4.29. The fourth-order valence-corrected chi connectivity index (χ4v) is 2.51. The largest absolute Gasteiger partial charge is 0.265 e. The maximum absolute atomic E-state index is 4.07. The number of rotatable bonds is 2. The van der Waals surface area contributed by atoms with Gasteiger partial charge in [0.1, 0.15) is 0 Å². The minimum Gasteiger partial charge on any atom is -0.265 e. The van der Waals surface area contributed by atoms with Gasteiger partial charge in [-0.25, -0.2) is 0 Å². The molecule has 70 valence electrons. The fourth-order valence-electron chi connectivity index (χ4n) is 1.48. The van der Waals surface area contributed by atoms with Gasteiger partial charge in [0.15, 0.2) is 0 Å². The van der Waals surface area contributed by atoms with Crippen molar-refractivity contribution in [2.24, 2.45) is 4.99 Å². The second-order valence-electron chi connectivity index (χ2n) is 3.03. The lowest BCUT2D eigenvalue weighted by atomic mass is 10.1. The highest BCUT2D eigenvalue weighted by Crippen LogP contribution is 2.29. The molecule has 0 atom stereocenters. The van der Waals surface area contributed by atoms with Gasteiger partial charge < -0.3 is 0 Å². The first-order chi connectivity index (χ1) is 6.83. The van der Waals surface area contributed by atoms with Crippen LogP contribution < -0.4 is 0 Å². The van der Waals surface area contributed by atoms with Gasteiger partial charge in [-0.2, -0.15) is 0 Å². The van der Waals surface area contributed by atoms with Gasteiger partial charge in [0.2, 0.25) is 0 Å². The van der Waals surface area contributed by atoms with Crippen LogP contribution in [0.3, 0.4) is 0 Å². The molecule has 2 heteroatoms. The Hall–Kier alpha value is -1.41. The molecule has 0 radical (unpaired) electrons. The Labute approximate surface area is 87.4 Å². The van der Waals surface area contributed by atoms with Crippen LogP contribution >= 0.6 is 11.3 Å². The van der Waals surface area contributed by atoms with Crippen molar-refractivity contribution in [3.63, 3.8) is 0 Å². The van der Waals surface area contributed by atoms with Gasteiger partial charge >= 0.3 is 0 Å². The predicted molar refractivity (Wildman–Crippen MR) is 64.4 cm³/mol. The first kappa shape index (κ1) is 9.16. The number of aryl methyl sites for hydroxylation is 1. The zero-order valence-electron chi connectivity index (χ0n) is 8.03. The summed E-state index contributed by atoms with van der Waals surface area (Å²) in [5, 5.41) is 1.28. The van der Waals surface area contributed by atoms with Crippen molar-refractivity contribution in [2.75, 3.05) is 0 Å². The van der Waals surface area contributed by atoms with E-state index in [0.717, 1.165) is 0 Å². The van der Waals surface area contributed by atoms with Crippen LogP contribution in [0.25, 0.3) is 10.1 Å². The Morgan fingerprint density at radius 1 is 1.36 bits per heavy atom. The minimum absolute atomic E-state index is 1.21. The third-order valence-electron chi connectivity index (χ3n) is 2.13. The van der Waals surface area contributed by atoms with E-state index in [9.17, 15) is 0 Å². The van der Waals surface area contributed by atoms with E-state index in [0.29, 0.717) is 0 Å². The van der Waals surface area contributed by atoms with E-state index >= 15 is 0 Å². The highest BCUT2D eigenvalue weighted by molar-refractivity contribution is 7.19. The van der Waals surface area contributed by atoms with Crippen LogP contribution in [0.2, 0.25) is 0 Å². The van der Waals surface area contributed by atoms with Crippen molar-refractivity contribution >= 4 is 27.6 Å². The van der Waals surface area contributed by atoms with Crippen molar-refractivity contribution in [3.05, 3.63) is 47.5 Å². The number of nitrogens with zero attached hydrogens (tertiary/aromatic N) is 1. The summed E-state index contributed by atoms with van der Waals surface area (Å²) < 4.78 is 1.32. The minimum atomic E-state index is 1.21. The Morgan fingerprint density at radius 3 is 2.93 bits per heavy atom. The topological polar surface area (TPSA) is 12.4 Å². The summed E-state index contributed by atoms with van der Waals surface area (Å²) in [7, 11) is 0. The molecule has 2 rings (SSSR count). The number of benzene rings is 1. The molecule has 14 heavy (non-hydrogen) atoms. The van der Waals surface area contributed by atoms with Gasteiger partial charge in [-0.15, -0.1) is 11.3 Å². The van der Waals surface area contributed by atoms with Crippen LogP contribution in [-0.2, 0) is 0 Å². The van der Waals surface area contributed by atoms with Crippen LogP contribution in [0.1, 0.15) is 10.4 Å². The van der Waals surface area contributed by atoms with E-state index in [4.69, 9.17) is 0 Å². The molecule has 0 N–H and O–H groups in total. The molecule has 0 saturated carbocycles. The highest BCUT2D eigenvalue weighted by atomic mass is 32.1. The smallest absolute Gasteiger partial charge is 0.0357 e. The summed E-state index contributed by atoms with van der Waals surface area (Å²) in [6, 6.07) is 8.38. The maximum atomic E-state index is 4.07. The normalized spacial score (nSPS) is 11.2. The first-order valence-electron chi connectivity index (χ1n) is 4.45. The van der Waals surface area contributed by atoms with Crippen LogP contribution in [0, 0.1) is 6.92 Å². The van der Waals surface area contributed by atoms with Gasteiger partial charge in [-0.05, 0) is 13.0 Å². The summed E-state index contributed by atoms with van der Waals surface area (Å²) >= 11 is 1.80. The van der Waals surface area contributed by atoms with Gasteiger partial charge in [-0.1, -0.05) is 24.8 Å². The monoisotopic (exact) mass is 201 g/mol. The number of aliphatic imine (C=N–C) groups is 1. The third kappa shape index (κ3) is 1.49. The molecule has 0 saturated heterocycles. The van der Waals surface area contributed by atoms with Crippen molar-refractivity contribution in [2.45, 2.75) is 6.92 Å². The van der Waals surface area contributed by atoms with E-state index in [1.54, 1.807) is 17.5 Å². The second kappa shape index (κ2) is 3.76. The summed E-state index contributed by atoms with van der Waals surface area (Å²) in [6.45, 7) is 5.70. The molecule has 0 unspecified atom stereocenters. The lowest BCUT2D eigenvalue weighted by Gasteiger charge is -1.90. The molecular weight excluding hydrogens is 190 g/mol. The predicted octanol–water partition coefficient (Wildman–Crippen LogP) is 3.77. The molecule has 1 nitrogen and oxygen atoms in total. The Bertz CT molecular complexity index is 494. The van der Waals surface area contributed by atoms with E-state index in [1.807, 2.05) is 6.21 Å². The fraction of sp³-hybridized carbons (Fsp3) is 0.0833. The van der Waals surface area contributed by atoms with Gasteiger partial charge in [0, 0.05) is 32.9 Å². The van der Waals surface area contributed by atoms with E-state index in [-0.39, 0.29) is 0 Å². The molecule has 0 aliphatic carbocycles. The van der Waals surface area contributed by atoms with Crippen molar-refractivity contribution in [1.29, 1.82) is 0 Å². The molecule has 1 aromatic heterocycles. The third-order valence-corrected chi connectivity index (χ3v) is 3.23. The molecule has 0 aliphatic rings. The van der Waals surface area contributed by atoms with Crippen LogP contribution in [-0.4, -0.2) is 6.21 Å². The highest BCUT2D eigenvalue weighted by Gasteiger charge is 2.04. The lowest BCUT2D eigenvalue weighted by Crippen LogP contribution is -1.79. The molecule has 0 spiro atoms. The number of thiophene rings is 1. The summed E-state index contributed by atoms with van der Waals surface area (Å²) in [5.41, 5.74) is 1.21. The first-order valence-corrected chi connectivity index (χ1v) is 5.27. The molecule has 1 aromatic carbocycles. The SMILES string of the molecule is C=CN=Cc1c(C)sc2ccccc12. The van der Waals surface area contributed by atoms with Gasteiger partial charge in [0.05, 0.1) is 0 Å². The molecule has 0 bridgehead atoms. The van der Waals surface area contributed by atoms with Crippen LogP contribution in [0.15, 0.2) is 42.0 Å². The molecule has 2 aromatic rings. The summed E-state index contributed by atoms with van der Waals surface area (Å²) in [5.74, 6) is 0. The Balaban J connectivity index is 2.67. The number of hydrogen-bond acceptors (Lipinski definition) is 2. The zero-order valence-corrected chi connectivity index (χ0v) is 8.84. The lowest BCUT2D eigenvalue weighted by molar-refractivity contribution is 1.57. The van der Waals surface area contributed by atoms with Crippen molar-refractivity contribution in [1.82, 2.24) is 0 Å². The van der Waals surface area contributed by atoms with Gasteiger partial charge in [0.25, 0.3) is 0 Å². The zero-order chi connectivity index (χ0) is 9.97. The van der Waals surface area contributed by atoms with Gasteiger partial charge in [-0.3, -0.25) is 4.99 Å². The summed E-state index contributed by atoms with van der Waals surface area (Å²) in [4.78, 5) is 5.37. The average Bonchev–Trinajstić information content (AvgIpc) is 2.51. The van der Waals surface area contributed by atoms with Crippen LogP contribution in [0.4, 0.5) is 0 Å². The van der Waals surface area contributed by atoms with Crippen LogP contribution in [0.5, 0.6) is 0 Å². The molecular formula is C12H11NS. The van der Waals surface area contributed by atoms with E-state index < -0.39 is 0 Å². The molecule has 0 fully saturated rings. The average molecular weight is 201 g/mol. The van der Waals surface area contributed by atoms with Crippen molar-refractivity contribution < 1.29 is 0 Å². The molecule has 0 amide bonds.